The highest BCUT2D eigenvalue weighted by Crippen LogP contribution is 2.33. The van der Waals surface area contributed by atoms with Gasteiger partial charge in [-0.05, 0) is 49.1 Å². The molecule has 0 N–H and O–H groups in total. The molecule has 1 aliphatic heterocycles. The molecule has 2 atom stereocenters. The van der Waals surface area contributed by atoms with Crippen LogP contribution in [0, 0.1) is 11.8 Å². The third-order valence-electron chi connectivity index (χ3n) is 5.57. The van der Waals surface area contributed by atoms with Crippen LogP contribution >= 0.6 is 0 Å². The first-order valence-electron chi connectivity index (χ1n) is 9.54. The lowest BCUT2D eigenvalue weighted by Gasteiger charge is -2.41. The maximum Gasteiger partial charge on any atom is 0.229 e. The summed E-state index contributed by atoms with van der Waals surface area (Å²) >= 11 is 0. The number of carbonyl (C=O) groups is 1. The highest BCUT2D eigenvalue weighted by atomic mass is 16.5. The fraction of sp³-hybridized carbons (Fsp3) is 0.667. The zero-order valence-corrected chi connectivity index (χ0v) is 15.3. The Kier molecular flexibility index (Phi) is 5.60. The van der Waals surface area contributed by atoms with E-state index in [0.29, 0.717) is 18.4 Å². The summed E-state index contributed by atoms with van der Waals surface area (Å²) < 4.78 is 5.91. The molecule has 24 heavy (non-hydrogen) atoms. The normalized spacial score (nSPS) is 23.2. The number of rotatable bonds is 5. The summed E-state index contributed by atoms with van der Waals surface area (Å²) in [6.45, 7) is 8.70. The van der Waals surface area contributed by atoms with Crippen molar-refractivity contribution in [1.82, 2.24) is 4.90 Å². The van der Waals surface area contributed by atoms with Gasteiger partial charge in [0, 0.05) is 13.1 Å². The second-order valence-corrected chi connectivity index (χ2v) is 7.95. The number of ether oxygens (including phenoxy) is 1. The number of benzene rings is 1. The van der Waals surface area contributed by atoms with Crippen LogP contribution in [0.25, 0.3) is 0 Å². The maximum atomic E-state index is 12.9. The van der Waals surface area contributed by atoms with Gasteiger partial charge in [0.25, 0.3) is 0 Å². The molecule has 132 valence electrons. The van der Waals surface area contributed by atoms with Gasteiger partial charge in [0.1, 0.15) is 0 Å². The van der Waals surface area contributed by atoms with E-state index < -0.39 is 0 Å². The Labute approximate surface area is 146 Å². The van der Waals surface area contributed by atoms with Gasteiger partial charge >= 0.3 is 0 Å². The molecule has 1 saturated heterocycles. The summed E-state index contributed by atoms with van der Waals surface area (Å²) in [5, 5.41) is 0. The van der Waals surface area contributed by atoms with Crippen LogP contribution in [0.3, 0.4) is 0 Å². The van der Waals surface area contributed by atoms with Crippen molar-refractivity contribution in [2.45, 2.75) is 58.5 Å². The number of morpholine rings is 1. The van der Waals surface area contributed by atoms with Crippen molar-refractivity contribution in [2.24, 2.45) is 11.8 Å². The number of amides is 1. The Balaban J connectivity index is 1.61. The smallest absolute Gasteiger partial charge is 0.229 e. The van der Waals surface area contributed by atoms with Gasteiger partial charge in [0.05, 0.1) is 18.6 Å². The summed E-state index contributed by atoms with van der Waals surface area (Å²) in [7, 11) is 0. The molecule has 0 spiro atoms. The summed E-state index contributed by atoms with van der Waals surface area (Å²) in [4.78, 5) is 14.9. The van der Waals surface area contributed by atoms with Gasteiger partial charge in [0.15, 0.2) is 0 Å². The quantitative estimate of drug-likeness (QED) is 0.816. The van der Waals surface area contributed by atoms with Gasteiger partial charge in [-0.15, -0.1) is 0 Å². The van der Waals surface area contributed by atoms with Gasteiger partial charge < -0.3 is 9.64 Å². The largest absolute Gasteiger partial charge is 0.374 e. The average molecular weight is 329 g/mol. The van der Waals surface area contributed by atoms with Crippen molar-refractivity contribution < 1.29 is 9.53 Å². The Morgan fingerprint density at radius 2 is 1.92 bits per heavy atom. The van der Waals surface area contributed by atoms with E-state index in [4.69, 9.17) is 4.74 Å². The first kappa shape index (κ1) is 17.5. The molecule has 1 amide bonds. The van der Waals surface area contributed by atoms with E-state index in [9.17, 15) is 4.79 Å². The Bertz CT molecular complexity index is 547. The monoisotopic (exact) mass is 329 g/mol. The van der Waals surface area contributed by atoms with Crippen LogP contribution in [-0.4, -0.2) is 36.6 Å². The summed E-state index contributed by atoms with van der Waals surface area (Å²) in [6, 6.07) is 8.61. The third kappa shape index (κ3) is 4.00. The molecule has 1 aromatic rings. The van der Waals surface area contributed by atoms with Gasteiger partial charge in [-0.25, -0.2) is 0 Å². The lowest BCUT2D eigenvalue weighted by Crippen LogP contribution is -2.50. The highest BCUT2D eigenvalue weighted by molar-refractivity contribution is 5.83. The maximum absolute atomic E-state index is 12.9. The Morgan fingerprint density at radius 1 is 1.21 bits per heavy atom. The molecular weight excluding hydrogens is 298 g/mol. The molecule has 1 aliphatic carbocycles. The SMILES string of the molecule is CC(C)Cc1ccc([C@H](C)C(=O)N2CCOC(C3CCC3)C2)cc1. The average Bonchev–Trinajstić information content (AvgIpc) is 2.52. The van der Waals surface area contributed by atoms with E-state index in [1.54, 1.807) is 0 Å². The van der Waals surface area contributed by atoms with Gasteiger partial charge in [-0.1, -0.05) is 44.5 Å². The van der Waals surface area contributed by atoms with E-state index in [-0.39, 0.29) is 17.9 Å². The van der Waals surface area contributed by atoms with Crippen LogP contribution in [-0.2, 0) is 16.0 Å². The fourth-order valence-corrected chi connectivity index (χ4v) is 3.80. The van der Waals surface area contributed by atoms with E-state index in [2.05, 4.69) is 38.1 Å². The predicted molar refractivity (Wildman–Crippen MR) is 97.1 cm³/mol. The zero-order valence-electron chi connectivity index (χ0n) is 15.3. The topological polar surface area (TPSA) is 29.5 Å². The minimum Gasteiger partial charge on any atom is -0.374 e. The van der Waals surface area contributed by atoms with Crippen molar-refractivity contribution >= 4 is 5.91 Å². The number of hydrogen-bond donors (Lipinski definition) is 0. The molecule has 2 fully saturated rings. The second kappa shape index (κ2) is 7.69. The predicted octanol–water partition coefficient (Wildman–Crippen LogP) is 4.02. The van der Waals surface area contributed by atoms with Crippen LogP contribution in [0.5, 0.6) is 0 Å². The molecule has 1 heterocycles. The first-order valence-corrected chi connectivity index (χ1v) is 9.54. The van der Waals surface area contributed by atoms with E-state index in [1.165, 1.54) is 24.8 Å². The third-order valence-corrected chi connectivity index (χ3v) is 5.57. The molecule has 2 aliphatic rings. The van der Waals surface area contributed by atoms with Crippen molar-refractivity contribution in [1.29, 1.82) is 0 Å². The summed E-state index contributed by atoms with van der Waals surface area (Å²) in [6.07, 6.45) is 5.20. The van der Waals surface area contributed by atoms with Crippen LogP contribution in [0.2, 0.25) is 0 Å². The van der Waals surface area contributed by atoms with Crippen LogP contribution in [0.4, 0.5) is 0 Å². The Morgan fingerprint density at radius 3 is 2.50 bits per heavy atom. The molecule has 0 bridgehead atoms. The Hall–Kier alpha value is -1.35. The molecule has 1 aromatic carbocycles. The van der Waals surface area contributed by atoms with Crippen LogP contribution in [0.15, 0.2) is 24.3 Å². The lowest BCUT2D eigenvalue weighted by molar-refractivity contribution is -0.144. The minimum atomic E-state index is -0.0711. The van der Waals surface area contributed by atoms with Gasteiger partial charge in [-0.2, -0.15) is 0 Å². The number of carbonyl (C=O) groups excluding carboxylic acids is 1. The molecular formula is C21H31NO2. The molecule has 1 unspecified atom stereocenters. The van der Waals surface area contributed by atoms with Crippen molar-refractivity contribution in [2.75, 3.05) is 19.7 Å². The number of nitrogens with zero attached hydrogens (tertiary/aromatic N) is 1. The summed E-state index contributed by atoms with van der Waals surface area (Å²) in [5.74, 6) is 1.51. The molecule has 0 aromatic heterocycles. The molecule has 3 nitrogen and oxygen atoms in total. The molecule has 1 saturated carbocycles. The van der Waals surface area contributed by atoms with Gasteiger partial charge in [-0.3, -0.25) is 4.79 Å². The molecule has 3 rings (SSSR count). The molecule has 3 heteroatoms. The van der Waals surface area contributed by atoms with Gasteiger partial charge in [0.2, 0.25) is 5.91 Å². The lowest BCUT2D eigenvalue weighted by atomic mass is 9.80. The van der Waals surface area contributed by atoms with E-state index in [0.717, 1.165) is 25.1 Å². The van der Waals surface area contributed by atoms with Crippen molar-refractivity contribution in [3.63, 3.8) is 0 Å². The standard InChI is InChI=1S/C21H31NO2/c1-15(2)13-17-7-9-18(10-8-17)16(3)21(23)22-11-12-24-20(14-22)19-5-4-6-19/h7-10,15-16,19-20H,4-6,11-14H2,1-3H3/t16-,20?/m0/s1. The molecule has 0 radical (unpaired) electrons. The van der Waals surface area contributed by atoms with Crippen LogP contribution < -0.4 is 0 Å². The highest BCUT2D eigenvalue weighted by Gasteiger charge is 2.34. The van der Waals surface area contributed by atoms with Crippen LogP contribution in [0.1, 0.15) is 57.1 Å². The fourth-order valence-electron chi connectivity index (χ4n) is 3.80. The van der Waals surface area contributed by atoms with Crippen molar-refractivity contribution in [3.05, 3.63) is 35.4 Å². The van der Waals surface area contributed by atoms with E-state index in [1.807, 2.05) is 11.8 Å². The summed E-state index contributed by atoms with van der Waals surface area (Å²) in [5.41, 5.74) is 2.48. The van der Waals surface area contributed by atoms with E-state index >= 15 is 0 Å². The zero-order chi connectivity index (χ0) is 17.1. The first-order chi connectivity index (χ1) is 11.5. The number of hydrogen-bond acceptors (Lipinski definition) is 2. The second-order valence-electron chi connectivity index (χ2n) is 7.95. The minimum absolute atomic E-state index is 0.0711. The van der Waals surface area contributed by atoms with Crippen molar-refractivity contribution in [3.8, 4) is 0 Å².